The number of hydrogen-bond acceptors (Lipinski definition) is 0. The van der Waals surface area contributed by atoms with Crippen molar-refractivity contribution in [2.45, 2.75) is 57.8 Å². The highest BCUT2D eigenvalue weighted by Crippen LogP contribution is 2.32. The van der Waals surface area contributed by atoms with Crippen molar-refractivity contribution in [2.75, 3.05) is 0 Å². The molecule has 0 aromatic heterocycles. The second-order valence-electron chi connectivity index (χ2n) is 4.74. The summed E-state index contributed by atoms with van der Waals surface area (Å²) in [6, 6.07) is 10.2. The summed E-state index contributed by atoms with van der Waals surface area (Å²) in [7, 11) is 0. The minimum absolute atomic E-state index is 0.801. The van der Waals surface area contributed by atoms with Gasteiger partial charge in [-0.05, 0) is 42.4 Å². The average Bonchev–Trinajstić information content (AvgIpc) is 2.31. The van der Waals surface area contributed by atoms with E-state index in [2.05, 4.69) is 31.2 Å². The maximum absolute atomic E-state index is 3.44. The second-order valence-corrected chi connectivity index (χ2v) is 4.74. The molecule has 1 aliphatic rings. The number of hydrogen-bond donors (Lipinski definition) is 0. The van der Waals surface area contributed by atoms with Gasteiger partial charge in [0.2, 0.25) is 0 Å². The van der Waals surface area contributed by atoms with E-state index in [4.69, 9.17) is 0 Å². The first-order chi connectivity index (χ1) is 7.40. The van der Waals surface area contributed by atoms with Crippen LogP contribution in [0, 0.1) is 6.07 Å². The highest BCUT2D eigenvalue weighted by atomic mass is 14.2. The van der Waals surface area contributed by atoms with Crippen molar-refractivity contribution in [2.24, 2.45) is 0 Å². The SMILES string of the molecule is CCCc1cc[c]c(C2CCCCC2)c1. The molecule has 1 saturated carbocycles. The van der Waals surface area contributed by atoms with Gasteiger partial charge in [0.05, 0.1) is 0 Å². The lowest BCUT2D eigenvalue weighted by Crippen LogP contribution is -2.04. The minimum Gasteiger partial charge on any atom is -0.0651 e. The number of benzene rings is 1. The van der Waals surface area contributed by atoms with E-state index < -0.39 is 0 Å². The van der Waals surface area contributed by atoms with Crippen molar-refractivity contribution in [3.05, 3.63) is 35.4 Å². The Hall–Kier alpha value is -0.780. The first kappa shape index (κ1) is 10.7. The first-order valence-electron chi connectivity index (χ1n) is 6.40. The van der Waals surface area contributed by atoms with E-state index in [9.17, 15) is 0 Å². The third-order valence-electron chi connectivity index (χ3n) is 3.47. The summed E-state index contributed by atoms with van der Waals surface area (Å²) in [5.41, 5.74) is 2.97. The van der Waals surface area contributed by atoms with Crippen LogP contribution in [0.3, 0.4) is 0 Å². The summed E-state index contributed by atoms with van der Waals surface area (Å²) < 4.78 is 0. The van der Waals surface area contributed by atoms with Crippen LogP contribution in [-0.2, 0) is 6.42 Å². The molecule has 81 valence electrons. The van der Waals surface area contributed by atoms with Crippen LogP contribution in [0.2, 0.25) is 0 Å². The molecule has 0 aliphatic heterocycles. The first-order valence-corrected chi connectivity index (χ1v) is 6.40. The molecule has 0 heterocycles. The maximum atomic E-state index is 3.44. The second kappa shape index (κ2) is 5.34. The lowest BCUT2D eigenvalue weighted by atomic mass is 9.83. The van der Waals surface area contributed by atoms with Crippen LogP contribution in [0.5, 0.6) is 0 Å². The fraction of sp³-hybridized carbons (Fsp3) is 0.600. The molecule has 1 fully saturated rings. The molecule has 0 N–H and O–H groups in total. The van der Waals surface area contributed by atoms with Crippen LogP contribution in [-0.4, -0.2) is 0 Å². The molecular formula is C15H21. The van der Waals surface area contributed by atoms with E-state index in [0.717, 1.165) is 5.92 Å². The standard InChI is InChI=1S/C15H21/c1-2-7-13-8-6-11-15(12-13)14-9-4-3-5-10-14/h6,8,12,14H,2-5,7,9-10H2,1H3. The zero-order valence-corrected chi connectivity index (χ0v) is 9.76. The quantitative estimate of drug-likeness (QED) is 0.676. The molecule has 0 amide bonds. The molecule has 0 atom stereocenters. The van der Waals surface area contributed by atoms with Gasteiger partial charge < -0.3 is 0 Å². The van der Waals surface area contributed by atoms with E-state index in [0.29, 0.717) is 0 Å². The van der Waals surface area contributed by atoms with Gasteiger partial charge in [0, 0.05) is 0 Å². The smallest absolute Gasteiger partial charge is 0.0146 e. The highest BCUT2D eigenvalue weighted by Gasteiger charge is 2.15. The van der Waals surface area contributed by atoms with Gasteiger partial charge in [-0.2, -0.15) is 0 Å². The summed E-state index contributed by atoms with van der Waals surface area (Å²) in [5.74, 6) is 0.801. The van der Waals surface area contributed by atoms with Gasteiger partial charge in [-0.15, -0.1) is 0 Å². The van der Waals surface area contributed by atoms with Gasteiger partial charge in [-0.25, -0.2) is 0 Å². The van der Waals surface area contributed by atoms with E-state index >= 15 is 0 Å². The Labute approximate surface area is 93.7 Å². The molecule has 2 rings (SSSR count). The van der Waals surface area contributed by atoms with E-state index in [1.54, 1.807) is 0 Å². The fourth-order valence-corrected chi connectivity index (χ4v) is 2.63. The third kappa shape index (κ3) is 2.84. The molecule has 0 saturated heterocycles. The minimum atomic E-state index is 0.801. The zero-order valence-electron chi connectivity index (χ0n) is 9.76. The normalized spacial score (nSPS) is 17.9. The van der Waals surface area contributed by atoms with Crippen molar-refractivity contribution in [1.29, 1.82) is 0 Å². The van der Waals surface area contributed by atoms with Crippen LogP contribution in [0.1, 0.15) is 62.5 Å². The van der Waals surface area contributed by atoms with Gasteiger partial charge in [-0.3, -0.25) is 0 Å². The van der Waals surface area contributed by atoms with Crippen LogP contribution in [0.4, 0.5) is 0 Å². The lowest BCUT2D eigenvalue weighted by molar-refractivity contribution is 0.443. The summed E-state index contributed by atoms with van der Waals surface area (Å²) in [6.07, 6.45) is 9.48. The zero-order chi connectivity index (χ0) is 10.5. The van der Waals surface area contributed by atoms with E-state index in [-0.39, 0.29) is 0 Å². The summed E-state index contributed by atoms with van der Waals surface area (Å²) in [5, 5.41) is 0. The molecule has 1 aromatic carbocycles. The Morgan fingerprint density at radius 3 is 2.80 bits per heavy atom. The predicted molar refractivity (Wildman–Crippen MR) is 65.1 cm³/mol. The van der Waals surface area contributed by atoms with Gasteiger partial charge in [0.1, 0.15) is 0 Å². The summed E-state index contributed by atoms with van der Waals surface area (Å²) in [4.78, 5) is 0. The van der Waals surface area contributed by atoms with Crippen LogP contribution < -0.4 is 0 Å². The average molecular weight is 201 g/mol. The Kier molecular flexibility index (Phi) is 3.82. The van der Waals surface area contributed by atoms with E-state index in [1.165, 1.54) is 56.1 Å². The maximum Gasteiger partial charge on any atom is -0.0146 e. The van der Waals surface area contributed by atoms with Crippen molar-refractivity contribution in [3.63, 3.8) is 0 Å². The van der Waals surface area contributed by atoms with Crippen molar-refractivity contribution in [1.82, 2.24) is 0 Å². The highest BCUT2D eigenvalue weighted by molar-refractivity contribution is 5.25. The lowest BCUT2D eigenvalue weighted by Gasteiger charge is -2.22. The molecule has 0 spiro atoms. The van der Waals surface area contributed by atoms with Crippen LogP contribution in [0.15, 0.2) is 18.2 Å². The largest absolute Gasteiger partial charge is 0.0651 e. The molecule has 15 heavy (non-hydrogen) atoms. The number of aryl methyl sites for hydroxylation is 1. The van der Waals surface area contributed by atoms with Gasteiger partial charge in [0.25, 0.3) is 0 Å². The van der Waals surface area contributed by atoms with Crippen LogP contribution >= 0.6 is 0 Å². The van der Waals surface area contributed by atoms with Gasteiger partial charge >= 0.3 is 0 Å². The molecule has 0 unspecified atom stereocenters. The Bertz CT molecular complexity index is 295. The molecule has 1 aliphatic carbocycles. The molecule has 0 nitrogen and oxygen atoms in total. The molecule has 0 heteroatoms. The Morgan fingerprint density at radius 1 is 1.27 bits per heavy atom. The van der Waals surface area contributed by atoms with Crippen LogP contribution in [0.25, 0.3) is 0 Å². The third-order valence-corrected chi connectivity index (χ3v) is 3.47. The monoisotopic (exact) mass is 201 g/mol. The fourth-order valence-electron chi connectivity index (χ4n) is 2.63. The molecule has 1 aromatic rings. The van der Waals surface area contributed by atoms with Gasteiger partial charge in [0.15, 0.2) is 0 Å². The summed E-state index contributed by atoms with van der Waals surface area (Å²) >= 11 is 0. The van der Waals surface area contributed by atoms with Crippen molar-refractivity contribution in [3.8, 4) is 0 Å². The Balaban J connectivity index is 2.09. The number of rotatable bonds is 3. The molecule has 1 radical (unpaired) electrons. The van der Waals surface area contributed by atoms with Crippen molar-refractivity contribution < 1.29 is 0 Å². The van der Waals surface area contributed by atoms with Crippen molar-refractivity contribution >= 4 is 0 Å². The van der Waals surface area contributed by atoms with E-state index in [1.807, 2.05) is 0 Å². The Morgan fingerprint density at radius 2 is 2.07 bits per heavy atom. The topological polar surface area (TPSA) is 0 Å². The molecular weight excluding hydrogens is 180 g/mol. The molecule has 0 bridgehead atoms. The van der Waals surface area contributed by atoms with Gasteiger partial charge in [-0.1, -0.05) is 50.8 Å². The summed E-state index contributed by atoms with van der Waals surface area (Å²) in [6.45, 7) is 2.25. The predicted octanol–water partition coefficient (Wildman–Crippen LogP) is 4.49.